The summed E-state index contributed by atoms with van der Waals surface area (Å²) in [6.07, 6.45) is 14.6. The fourth-order valence-electron chi connectivity index (χ4n) is 5.83. The molecule has 2 amide bonds. The number of likely N-dealkylation sites (N-methyl/N-ethyl adjacent to an activating group) is 1. The molecule has 1 aromatic heterocycles. The van der Waals surface area contributed by atoms with E-state index in [-0.39, 0.29) is 11.8 Å². The first-order valence-corrected chi connectivity index (χ1v) is 15.3. The lowest BCUT2D eigenvalue weighted by atomic mass is 9.90. The second-order valence-corrected chi connectivity index (χ2v) is 12.7. The number of fused-ring (bicyclic) bond motifs is 1. The highest BCUT2D eigenvalue weighted by molar-refractivity contribution is 5.99. The minimum absolute atomic E-state index is 0.0583. The van der Waals surface area contributed by atoms with Crippen LogP contribution in [0.4, 0.5) is 11.8 Å². The number of anilines is 2. The molecule has 0 aromatic carbocycles. The average molecular weight is 528 g/mol. The Morgan fingerprint density at radius 1 is 0.842 bits per heavy atom. The van der Waals surface area contributed by atoms with Gasteiger partial charge in [-0.15, -0.1) is 0 Å². The first kappa shape index (κ1) is 30.4. The molecule has 3 unspecified atom stereocenters. The lowest BCUT2D eigenvalue weighted by molar-refractivity contribution is -0.132. The van der Waals surface area contributed by atoms with Crippen molar-refractivity contribution in [2.75, 3.05) is 43.0 Å². The normalized spacial score (nSPS) is 18.2. The van der Waals surface area contributed by atoms with Crippen LogP contribution in [0, 0.1) is 23.7 Å². The molecule has 1 saturated heterocycles. The van der Waals surface area contributed by atoms with E-state index in [1.54, 1.807) is 18.1 Å². The first-order chi connectivity index (χ1) is 18.1. The van der Waals surface area contributed by atoms with E-state index in [0.29, 0.717) is 43.6 Å². The molecule has 2 aliphatic rings. The van der Waals surface area contributed by atoms with Gasteiger partial charge < -0.3 is 9.80 Å². The number of piperazine rings is 1. The van der Waals surface area contributed by atoms with Crippen LogP contribution >= 0.6 is 0 Å². The Balaban J connectivity index is 1.28. The van der Waals surface area contributed by atoms with Crippen LogP contribution in [0.2, 0.25) is 0 Å². The fourth-order valence-corrected chi connectivity index (χ4v) is 5.83. The number of amides is 2. The second kappa shape index (κ2) is 14.8. The maximum Gasteiger partial charge on any atom is 0.232 e. The minimum Gasteiger partial charge on any atom is -0.339 e. The number of hydrogen-bond donors (Lipinski definition) is 0. The molecule has 3 rings (SSSR count). The molecule has 2 aliphatic heterocycles. The third kappa shape index (κ3) is 9.23. The summed E-state index contributed by atoms with van der Waals surface area (Å²) in [5.41, 5.74) is 0.889. The van der Waals surface area contributed by atoms with Gasteiger partial charge in [-0.05, 0) is 23.7 Å². The zero-order valence-electron chi connectivity index (χ0n) is 25.0. The van der Waals surface area contributed by atoms with E-state index in [9.17, 15) is 9.59 Å². The highest BCUT2D eigenvalue weighted by Gasteiger charge is 2.29. The van der Waals surface area contributed by atoms with Gasteiger partial charge in [-0.1, -0.05) is 92.4 Å². The average Bonchev–Trinajstić information content (AvgIpc) is 3.16. The second-order valence-electron chi connectivity index (χ2n) is 12.7. The number of hydrogen-bond acceptors (Lipinski definition) is 5. The van der Waals surface area contributed by atoms with Crippen LogP contribution < -0.4 is 9.80 Å². The SMILES string of the molecule is CC(C)CCCC(C)CCCC(C)CCCC(C)CC(=O)N1CCN(c2ncc3c(n2)N(C)C(=O)C3)CC1. The maximum atomic E-state index is 12.9. The fraction of sp³-hybridized carbons (Fsp3) is 0.806. The van der Waals surface area contributed by atoms with Crippen LogP contribution in [0.15, 0.2) is 6.20 Å². The minimum atomic E-state index is 0.0583. The Hall–Kier alpha value is -2.18. The number of carbonyl (C=O) groups excluding carboxylic acids is 2. The van der Waals surface area contributed by atoms with Crippen molar-refractivity contribution in [3.05, 3.63) is 11.8 Å². The molecule has 7 nitrogen and oxygen atoms in total. The Labute approximate surface area is 231 Å². The van der Waals surface area contributed by atoms with Crippen molar-refractivity contribution in [3.8, 4) is 0 Å². The van der Waals surface area contributed by atoms with Gasteiger partial charge >= 0.3 is 0 Å². The van der Waals surface area contributed by atoms with Crippen molar-refractivity contribution in [1.82, 2.24) is 14.9 Å². The van der Waals surface area contributed by atoms with Crippen molar-refractivity contribution < 1.29 is 9.59 Å². The molecule has 1 fully saturated rings. The van der Waals surface area contributed by atoms with E-state index < -0.39 is 0 Å². The molecular formula is C31H53N5O2. The van der Waals surface area contributed by atoms with Gasteiger partial charge in [-0.3, -0.25) is 14.5 Å². The van der Waals surface area contributed by atoms with Gasteiger partial charge in [0.2, 0.25) is 17.8 Å². The van der Waals surface area contributed by atoms with Crippen molar-refractivity contribution >= 4 is 23.6 Å². The molecule has 0 bridgehead atoms. The van der Waals surface area contributed by atoms with Crippen LogP contribution in [-0.4, -0.2) is 59.9 Å². The Bertz CT molecular complexity index is 896. The summed E-state index contributed by atoms with van der Waals surface area (Å²) in [5.74, 6) is 4.61. The Morgan fingerprint density at radius 3 is 1.97 bits per heavy atom. The van der Waals surface area contributed by atoms with E-state index in [2.05, 4.69) is 49.5 Å². The largest absolute Gasteiger partial charge is 0.339 e. The molecule has 3 atom stereocenters. The number of carbonyl (C=O) groups is 2. The third-order valence-electron chi connectivity index (χ3n) is 8.57. The summed E-state index contributed by atoms with van der Waals surface area (Å²) in [7, 11) is 1.76. The predicted molar refractivity (Wildman–Crippen MR) is 156 cm³/mol. The standard InChI is InChI=1S/C31H53N5O2/c1-23(2)10-7-11-24(3)12-8-13-25(4)14-9-15-26(5)20-29(38)35-16-18-36(19-17-35)31-32-22-27-21-28(37)34(6)30(27)33-31/h22-26H,7-21H2,1-6H3. The highest BCUT2D eigenvalue weighted by atomic mass is 16.2. The van der Waals surface area contributed by atoms with E-state index in [1.165, 1.54) is 51.4 Å². The Morgan fingerprint density at radius 2 is 1.39 bits per heavy atom. The van der Waals surface area contributed by atoms with Gasteiger partial charge in [0.25, 0.3) is 0 Å². The molecule has 0 N–H and O–H groups in total. The molecule has 38 heavy (non-hydrogen) atoms. The van der Waals surface area contributed by atoms with E-state index in [1.807, 2.05) is 4.90 Å². The molecule has 214 valence electrons. The summed E-state index contributed by atoms with van der Waals surface area (Å²) in [6, 6.07) is 0. The van der Waals surface area contributed by atoms with Crippen molar-refractivity contribution in [1.29, 1.82) is 0 Å². The van der Waals surface area contributed by atoms with E-state index in [0.717, 1.165) is 42.8 Å². The van der Waals surface area contributed by atoms with Crippen LogP contribution in [0.1, 0.15) is 104 Å². The zero-order valence-corrected chi connectivity index (χ0v) is 25.0. The molecule has 7 heteroatoms. The molecule has 3 heterocycles. The van der Waals surface area contributed by atoms with Gasteiger partial charge in [0, 0.05) is 51.4 Å². The van der Waals surface area contributed by atoms with Gasteiger partial charge in [0.15, 0.2) is 0 Å². The Kier molecular flexibility index (Phi) is 11.9. The summed E-state index contributed by atoms with van der Waals surface area (Å²) < 4.78 is 0. The monoisotopic (exact) mass is 527 g/mol. The lowest BCUT2D eigenvalue weighted by Crippen LogP contribution is -2.49. The summed E-state index contributed by atoms with van der Waals surface area (Å²) >= 11 is 0. The topological polar surface area (TPSA) is 69.6 Å². The summed E-state index contributed by atoms with van der Waals surface area (Å²) in [4.78, 5) is 39.7. The van der Waals surface area contributed by atoms with Crippen LogP contribution in [-0.2, 0) is 16.0 Å². The molecular weight excluding hydrogens is 474 g/mol. The quantitative estimate of drug-likeness (QED) is 0.275. The van der Waals surface area contributed by atoms with Crippen molar-refractivity contribution in [2.24, 2.45) is 23.7 Å². The molecule has 0 saturated carbocycles. The molecule has 0 radical (unpaired) electrons. The third-order valence-corrected chi connectivity index (χ3v) is 8.57. The highest BCUT2D eigenvalue weighted by Crippen LogP contribution is 2.27. The maximum absolute atomic E-state index is 12.9. The molecule has 0 spiro atoms. The molecule has 0 aliphatic carbocycles. The van der Waals surface area contributed by atoms with Gasteiger partial charge in [0.1, 0.15) is 5.82 Å². The zero-order chi connectivity index (χ0) is 27.7. The lowest BCUT2D eigenvalue weighted by Gasteiger charge is -2.35. The number of rotatable bonds is 15. The molecule has 1 aromatic rings. The van der Waals surface area contributed by atoms with Gasteiger partial charge in [0.05, 0.1) is 6.42 Å². The van der Waals surface area contributed by atoms with Crippen molar-refractivity contribution in [3.63, 3.8) is 0 Å². The summed E-state index contributed by atoms with van der Waals surface area (Å²) in [6.45, 7) is 14.6. The van der Waals surface area contributed by atoms with Gasteiger partial charge in [-0.25, -0.2) is 4.98 Å². The smallest absolute Gasteiger partial charge is 0.232 e. The number of nitrogens with zero attached hydrogens (tertiary/aromatic N) is 5. The van der Waals surface area contributed by atoms with Crippen LogP contribution in [0.3, 0.4) is 0 Å². The predicted octanol–water partition coefficient (Wildman–Crippen LogP) is 6.11. The van der Waals surface area contributed by atoms with Crippen molar-refractivity contribution in [2.45, 2.75) is 105 Å². The van der Waals surface area contributed by atoms with Gasteiger partial charge in [-0.2, -0.15) is 4.98 Å². The number of aromatic nitrogens is 2. The van der Waals surface area contributed by atoms with Crippen LogP contribution in [0.25, 0.3) is 0 Å². The van der Waals surface area contributed by atoms with Crippen LogP contribution in [0.5, 0.6) is 0 Å². The van der Waals surface area contributed by atoms with E-state index >= 15 is 0 Å². The first-order valence-electron chi connectivity index (χ1n) is 15.3. The van der Waals surface area contributed by atoms with E-state index in [4.69, 9.17) is 0 Å². The summed E-state index contributed by atoms with van der Waals surface area (Å²) in [5, 5.41) is 0.